The summed E-state index contributed by atoms with van der Waals surface area (Å²) in [4.78, 5) is 69.4. The minimum atomic E-state index is -2.10. The molecular weight excluding hydrogens is 1020 g/mol. The van der Waals surface area contributed by atoms with Gasteiger partial charge in [-0.25, -0.2) is 0 Å². The van der Waals surface area contributed by atoms with Gasteiger partial charge in [0.1, 0.15) is 61.0 Å². The number of aliphatic hydroxyl groups excluding tert-OH is 7. The van der Waals surface area contributed by atoms with Crippen LogP contribution in [0.5, 0.6) is 0 Å². The van der Waals surface area contributed by atoms with Gasteiger partial charge in [-0.1, -0.05) is 0 Å². The third kappa shape index (κ3) is 20.9. The molecule has 442 valence electrons. The van der Waals surface area contributed by atoms with Crippen molar-refractivity contribution in [3.05, 3.63) is 0 Å². The summed E-state index contributed by atoms with van der Waals surface area (Å²) in [6.07, 6.45) is -21.6. The lowest BCUT2D eigenvalue weighted by Crippen LogP contribution is -2.71. The molecule has 0 spiro atoms. The molecule has 0 radical (unpaired) electrons. The second kappa shape index (κ2) is 32.3. The van der Waals surface area contributed by atoms with Gasteiger partial charge in [0.05, 0.1) is 48.9 Å². The molecule has 1 aliphatic carbocycles. The van der Waals surface area contributed by atoms with Gasteiger partial charge >= 0.3 is 0 Å². The van der Waals surface area contributed by atoms with E-state index in [0.29, 0.717) is 6.42 Å². The Hall–Kier alpha value is -5.64. The van der Waals surface area contributed by atoms with E-state index < -0.39 is 159 Å². The number of nitrogens with one attached hydrogen (secondary N) is 4. The fraction of sp³-hybridized carbons (Fsp3) is 0.810. The van der Waals surface area contributed by atoms with Gasteiger partial charge in [0.15, 0.2) is 36.4 Å². The first kappa shape index (κ1) is 65.6. The number of nitrogens with two attached hydrogens (primary N) is 12. The Morgan fingerprint density at radius 3 is 1.23 bits per heavy atom. The van der Waals surface area contributed by atoms with E-state index in [1.807, 2.05) is 0 Å². The monoisotopic (exact) mass is 1110 g/mol. The second-order valence-corrected chi connectivity index (χ2v) is 18.9. The predicted octanol–water partition coefficient (Wildman–Crippen LogP) is -13.1. The summed E-state index contributed by atoms with van der Waals surface area (Å²) in [5.41, 5.74) is 67.8. The number of guanidine groups is 4. The fourth-order valence-corrected chi connectivity index (χ4v) is 8.50. The molecule has 3 fully saturated rings. The van der Waals surface area contributed by atoms with E-state index in [2.05, 4.69) is 41.2 Å². The summed E-state index contributed by atoms with van der Waals surface area (Å²) in [5, 5.41) is 89.5. The largest absolute Gasteiger partial charge is 0.394 e. The standard InChI is InChI=1S/C42H84N20O15/c43-16(5-1-9-55-39(47)48)33(70)59-14-22-26(65)28(67)29(68)38(74-22)77-32-21(61-35(72)18(45)7-3-11-57-41(51)52)13-20(60-34(71)17(44)6-2-10-56-40(49)50)31(30(32)69)76-37-27(66)24(25(64)23(15-63)75-37)62-36(73)19(46)8-4-12-58-42(53)54/h16-32,37-38,63-69H,1-15,43-46H2,(H,59,70)(H,60,71)(H,61,72)(H,62,73)(H4,47,48,55)(H4,49,50,56)(H4,51,52,57)(H4,53,54,58)/t16-,17-,18-,19-,20+,21-,22+,23+,24-,25+,26+,27+,28-,29+,30?,31-,32+,37+,38+/m0/s1. The van der Waals surface area contributed by atoms with Crippen LogP contribution in [0.2, 0.25) is 0 Å². The zero-order valence-corrected chi connectivity index (χ0v) is 42.7. The van der Waals surface area contributed by atoms with Crippen LogP contribution in [-0.2, 0) is 38.1 Å². The molecule has 2 heterocycles. The smallest absolute Gasteiger partial charge is 0.237 e. The van der Waals surface area contributed by atoms with Crippen molar-refractivity contribution in [3.63, 3.8) is 0 Å². The Balaban J connectivity index is 2.06. The van der Waals surface area contributed by atoms with Gasteiger partial charge in [0.2, 0.25) is 23.6 Å². The van der Waals surface area contributed by atoms with E-state index in [4.69, 9.17) is 87.8 Å². The van der Waals surface area contributed by atoms with Gasteiger partial charge in [-0.3, -0.25) is 39.1 Å². The second-order valence-electron chi connectivity index (χ2n) is 18.9. The van der Waals surface area contributed by atoms with Crippen molar-refractivity contribution < 1.29 is 73.9 Å². The van der Waals surface area contributed by atoms with Crippen molar-refractivity contribution in [2.45, 2.75) is 174 Å². The van der Waals surface area contributed by atoms with Gasteiger partial charge in [-0.2, -0.15) is 0 Å². The highest BCUT2D eigenvalue weighted by Gasteiger charge is 2.54. The predicted molar refractivity (Wildman–Crippen MR) is 275 cm³/mol. The van der Waals surface area contributed by atoms with Gasteiger partial charge < -0.3 is 145 Å². The molecule has 0 aromatic heterocycles. The lowest BCUT2D eigenvalue weighted by atomic mass is 9.82. The molecule has 4 amide bonds. The van der Waals surface area contributed by atoms with Crippen LogP contribution in [0.4, 0.5) is 0 Å². The Morgan fingerprint density at radius 2 is 0.844 bits per heavy atom. The van der Waals surface area contributed by atoms with E-state index in [0.717, 1.165) is 0 Å². The summed E-state index contributed by atoms with van der Waals surface area (Å²) in [6.45, 7) is -0.880. The van der Waals surface area contributed by atoms with Crippen molar-refractivity contribution in [3.8, 4) is 0 Å². The Kier molecular flexibility index (Phi) is 27.5. The molecular formula is C42H84N20O15. The van der Waals surface area contributed by atoms with Gasteiger partial charge in [0.25, 0.3) is 0 Å². The van der Waals surface area contributed by atoms with Gasteiger partial charge in [0, 0.05) is 32.7 Å². The number of aliphatic imine (C=N–C) groups is 4. The topological polar surface area (TPSA) is 657 Å². The molecule has 3 aliphatic rings. The lowest BCUT2D eigenvalue weighted by molar-refractivity contribution is -0.334. The summed E-state index contributed by atoms with van der Waals surface area (Å²) in [6, 6.07) is -9.28. The molecule has 2 saturated heterocycles. The van der Waals surface area contributed by atoms with E-state index in [1.54, 1.807) is 0 Å². The molecule has 1 saturated carbocycles. The van der Waals surface area contributed by atoms with Crippen LogP contribution in [0.25, 0.3) is 0 Å². The number of rotatable bonds is 30. The maximum Gasteiger partial charge on any atom is 0.237 e. The molecule has 0 aromatic rings. The third-order valence-electron chi connectivity index (χ3n) is 12.8. The zero-order chi connectivity index (χ0) is 57.7. The number of ether oxygens (including phenoxy) is 4. The first-order valence-corrected chi connectivity index (χ1v) is 25.0. The van der Waals surface area contributed by atoms with Crippen LogP contribution in [0.15, 0.2) is 20.0 Å². The van der Waals surface area contributed by atoms with Crippen LogP contribution in [-0.4, -0.2) is 238 Å². The average Bonchev–Trinajstić information content (AvgIpc) is 3.37. The van der Waals surface area contributed by atoms with Crippen LogP contribution >= 0.6 is 0 Å². The lowest BCUT2D eigenvalue weighted by Gasteiger charge is -2.50. The minimum Gasteiger partial charge on any atom is -0.394 e. The van der Waals surface area contributed by atoms with Crippen molar-refractivity contribution in [1.29, 1.82) is 0 Å². The van der Waals surface area contributed by atoms with Crippen LogP contribution in [0.3, 0.4) is 0 Å². The fourth-order valence-electron chi connectivity index (χ4n) is 8.50. The molecule has 1 unspecified atom stereocenters. The third-order valence-corrected chi connectivity index (χ3v) is 12.8. The number of aliphatic hydroxyl groups is 7. The first-order chi connectivity index (χ1) is 36.3. The first-order valence-electron chi connectivity index (χ1n) is 25.0. The van der Waals surface area contributed by atoms with E-state index >= 15 is 0 Å². The molecule has 3 rings (SSSR count). The van der Waals surface area contributed by atoms with Gasteiger partial charge in [-0.15, -0.1) is 0 Å². The molecule has 77 heavy (non-hydrogen) atoms. The van der Waals surface area contributed by atoms with E-state index in [9.17, 15) is 54.9 Å². The summed E-state index contributed by atoms with van der Waals surface area (Å²) >= 11 is 0. The number of hydrogen-bond acceptors (Lipinski definition) is 23. The van der Waals surface area contributed by atoms with Crippen molar-refractivity contribution in [2.75, 3.05) is 39.3 Å². The van der Waals surface area contributed by atoms with E-state index in [-0.39, 0.29) is 95.0 Å². The van der Waals surface area contributed by atoms with E-state index in [1.165, 1.54) is 0 Å². The molecule has 35 heteroatoms. The van der Waals surface area contributed by atoms with Crippen molar-refractivity contribution in [1.82, 2.24) is 21.3 Å². The SMILES string of the molecule is NC(N)=NCCC[C@H](N)C(=O)NC[C@H]1O[C@H](O[C@H]2C(O)[C@@H](O[C@H]3O[C@H](CO)[C@@H](O)[C@H](NC(=O)[C@@H](N)CCCN=C(N)N)[C@H]3O)[C@H](NC(=O)[C@@H](N)CCCN=C(N)N)C[C@@H]2NC(=O)[C@@H](N)CCCN=C(N)N)[C@H](O)[C@@H](O)[C@@H]1O. The highest BCUT2D eigenvalue weighted by atomic mass is 16.7. The van der Waals surface area contributed by atoms with Crippen LogP contribution in [0.1, 0.15) is 57.8 Å². The zero-order valence-electron chi connectivity index (χ0n) is 42.7. The maximum atomic E-state index is 13.9. The van der Waals surface area contributed by atoms with Crippen LogP contribution < -0.4 is 90.1 Å². The average molecular weight is 1110 g/mol. The Labute approximate surface area is 443 Å². The molecule has 19 atom stereocenters. The van der Waals surface area contributed by atoms with Gasteiger partial charge in [-0.05, 0) is 57.8 Å². The molecule has 0 bridgehead atoms. The Bertz CT molecular complexity index is 1980. The number of nitrogens with zero attached hydrogens (tertiary/aromatic N) is 4. The number of carbonyl (C=O) groups is 4. The number of hydrogen-bond donors (Lipinski definition) is 23. The van der Waals surface area contributed by atoms with Crippen molar-refractivity contribution >= 4 is 47.5 Å². The maximum absolute atomic E-state index is 13.9. The van der Waals surface area contributed by atoms with Crippen molar-refractivity contribution in [2.24, 2.45) is 88.8 Å². The highest BCUT2D eigenvalue weighted by Crippen LogP contribution is 2.33. The molecule has 35 nitrogen and oxygen atoms in total. The summed E-state index contributed by atoms with van der Waals surface area (Å²) in [5.74, 6) is -3.92. The highest BCUT2D eigenvalue weighted by molar-refractivity contribution is 5.83. The molecule has 0 aromatic carbocycles. The number of amides is 4. The Morgan fingerprint density at radius 1 is 0.481 bits per heavy atom. The number of carbonyl (C=O) groups excluding carboxylic acids is 4. The quantitative estimate of drug-likeness (QED) is 0.0180. The summed E-state index contributed by atoms with van der Waals surface area (Å²) < 4.78 is 24.2. The normalized spacial score (nSPS) is 30.7. The summed E-state index contributed by atoms with van der Waals surface area (Å²) in [7, 11) is 0. The van der Waals surface area contributed by atoms with Crippen LogP contribution in [0, 0.1) is 0 Å². The minimum absolute atomic E-state index is 0.0282. The molecule has 35 N–H and O–H groups in total. The molecule has 2 aliphatic heterocycles.